The molecule has 0 radical (unpaired) electrons. The van der Waals surface area contributed by atoms with E-state index in [2.05, 4.69) is 5.32 Å². The largest absolute Gasteiger partial charge is 0.394 e. The molecule has 1 heterocycles. The van der Waals surface area contributed by atoms with Gasteiger partial charge >= 0.3 is 0 Å². The van der Waals surface area contributed by atoms with Crippen molar-refractivity contribution in [2.24, 2.45) is 0 Å². The van der Waals surface area contributed by atoms with E-state index >= 15 is 0 Å². The molecule has 0 unspecified atom stereocenters. The maximum Gasteiger partial charge on any atom is 0.217 e. The van der Waals surface area contributed by atoms with E-state index in [4.69, 9.17) is 14.6 Å². The van der Waals surface area contributed by atoms with Crippen LogP contribution in [0.25, 0.3) is 0 Å². The summed E-state index contributed by atoms with van der Waals surface area (Å²) >= 11 is 0. The Labute approximate surface area is 93.0 Å². The first kappa shape index (κ1) is 13.3. The summed E-state index contributed by atoms with van der Waals surface area (Å²) in [5, 5.41) is 30.9. The summed E-state index contributed by atoms with van der Waals surface area (Å²) in [4.78, 5) is 10.9. The van der Waals surface area contributed by atoms with E-state index < -0.39 is 43.2 Å². The fourth-order valence-corrected chi connectivity index (χ4v) is 1.69. The van der Waals surface area contributed by atoms with Gasteiger partial charge < -0.3 is 30.1 Å². The summed E-state index contributed by atoms with van der Waals surface area (Å²) in [5.74, 6) is -0.392. The molecule has 1 rings (SSSR count). The van der Waals surface area contributed by atoms with Gasteiger partial charge in [-0.15, -0.1) is 0 Å². The molecule has 1 aliphatic rings. The second-order valence-corrected chi connectivity index (χ2v) is 3.67. The van der Waals surface area contributed by atoms with Crippen LogP contribution in [-0.2, 0) is 14.3 Å². The van der Waals surface area contributed by atoms with Gasteiger partial charge in [0.2, 0.25) is 5.91 Å². The van der Waals surface area contributed by atoms with Crippen molar-refractivity contribution in [1.82, 2.24) is 5.32 Å². The second-order valence-electron chi connectivity index (χ2n) is 3.67. The molecular formula is C9H17NO6. The Balaban J connectivity index is 2.79. The van der Waals surface area contributed by atoms with Crippen LogP contribution in [0.2, 0.25) is 0 Å². The molecule has 1 amide bonds. The molecule has 1 fully saturated rings. The van der Waals surface area contributed by atoms with Crippen molar-refractivity contribution < 1.29 is 29.6 Å². The second kappa shape index (κ2) is 5.55. The van der Waals surface area contributed by atoms with Crippen molar-refractivity contribution in [3.05, 3.63) is 0 Å². The van der Waals surface area contributed by atoms with Crippen molar-refractivity contribution in [3.8, 4) is 0 Å². The predicted molar refractivity (Wildman–Crippen MR) is 52.4 cm³/mol. The van der Waals surface area contributed by atoms with E-state index in [0.717, 1.165) is 0 Å². The summed E-state index contributed by atoms with van der Waals surface area (Å²) in [7, 11) is 1.32. The summed E-state index contributed by atoms with van der Waals surface area (Å²) in [6, 6.07) is -0.923. The molecule has 7 heteroatoms. The molecule has 1 aliphatic heterocycles. The van der Waals surface area contributed by atoms with E-state index in [9.17, 15) is 15.0 Å². The number of amides is 1. The monoisotopic (exact) mass is 235 g/mol. The lowest BCUT2D eigenvalue weighted by Gasteiger charge is -2.41. The molecule has 0 spiro atoms. The molecule has 16 heavy (non-hydrogen) atoms. The zero-order chi connectivity index (χ0) is 12.3. The average Bonchev–Trinajstić information content (AvgIpc) is 2.24. The number of ether oxygens (including phenoxy) is 2. The van der Waals surface area contributed by atoms with Crippen LogP contribution >= 0.6 is 0 Å². The molecule has 1 saturated heterocycles. The normalized spacial score (nSPS) is 39.4. The molecule has 0 bridgehead atoms. The molecule has 5 atom stereocenters. The topological polar surface area (TPSA) is 108 Å². The summed E-state index contributed by atoms with van der Waals surface area (Å²) < 4.78 is 9.95. The number of aliphatic hydroxyl groups excluding tert-OH is 3. The first-order chi connectivity index (χ1) is 7.51. The number of carbonyl (C=O) groups is 1. The molecule has 0 saturated carbocycles. The van der Waals surface area contributed by atoms with E-state index in [0.29, 0.717) is 0 Å². The predicted octanol–water partition coefficient (Wildman–Crippen LogP) is -2.42. The Bertz CT molecular complexity index is 232. The number of hydrogen-bond acceptors (Lipinski definition) is 6. The van der Waals surface area contributed by atoms with Crippen LogP contribution in [0.5, 0.6) is 0 Å². The number of aliphatic hydroxyl groups is 3. The van der Waals surface area contributed by atoms with Gasteiger partial charge in [0.05, 0.1) is 12.6 Å². The minimum Gasteiger partial charge on any atom is -0.394 e. The lowest BCUT2D eigenvalue weighted by atomic mass is 9.96. The van der Waals surface area contributed by atoms with E-state index in [1.807, 2.05) is 0 Å². The molecule has 0 aromatic rings. The van der Waals surface area contributed by atoms with Crippen molar-refractivity contribution in [1.29, 1.82) is 0 Å². The Hall–Kier alpha value is -0.730. The fourth-order valence-electron chi connectivity index (χ4n) is 1.69. The Morgan fingerprint density at radius 2 is 2.06 bits per heavy atom. The highest BCUT2D eigenvalue weighted by atomic mass is 16.7. The molecule has 94 valence electrons. The van der Waals surface area contributed by atoms with Gasteiger partial charge in [-0.1, -0.05) is 0 Å². The third kappa shape index (κ3) is 2.69. The summed E-state index contributed by atoms with van der Waals surface area (Å²) in [6.45, 7) is 0.842. The Morgan fingerprint density at radius 1 is 1.44 bits per heavy atom. The molecule has 0 aromatic heterocycles. The quantitative estimate of drug-likeness (QED) is 0.433. The first-order valence-corrected chi connectivity index (χ1v) is 4.93. The van der Waals surface area contributed by atoms with Gasteiger partial charge in [-0.3, -0.25) is 4.79 Å². The summed E-state index contributed by atoms with van der Waals surface area (Å²) in [6.07, 6.45) is -4.26. The van der Waals surface area contributed by atoms with Crippen LogP contribution in [-0.4, -0.2) is 65.6 Å². The van der Waals surface area contributed by atoms with Crippen LogP contribution in [0, 0.1) is 0 Å². The van der Waals surface area contributed by atoms with Crippen LogP contribution in [0.3, 0.4) is 0 Å². The number of hydrogen-bond donors (Lipinski definition) is 4. The van der Waals surface area contributed by atoms with Gasteiger partial charge in [0, 0.05) is 14.0 Å². The molecule has 4 N–H and O–H groups in total. The average molecular weight is 235 g/mol. The van der Waals surface area contributed by atoms with Gasteiger partial charge in [0.25, 0.3) is 0 Å². The van der Waals surface area contributed by atoms with Crippen LogP contribution in [0.1, 0.15) is 6.92 Å². The SMILES string of the molecule is CO[C@H]1O[C@H](CO)[C@H](O)[C@@H](NC(C)=O)[C@H]1O. The summed E-state index contributed by atoms with van der Waals surface area (Å²) in [5.41, 5.74) is 0. The van der Waals surface area contributed by atoms with Crippen LogP contribution < -0.4 is 5.32 Å². The molecule has 0 aliphatic carbocycles. The van der Waals surface area contributed by atoms with Crippen molar-refractivity contribution in [2.45, 2.75) is 37.6 Å². The van der Waals surface area contributed by atoms with Gasteiger partial charge in [0.15, 0.2) is 6.29 Å². The van der Waals surface area contributed by atoms with Gasteiger partial charge in [-0.25, -0.2) is 0 Å². The highest BCUT2D eigenvalue weighted by Gasteiger charge is 2.44. The van der Waals surface area contributed by atoms with Crippen molar-refractivity contribution in [3.63, 3.8) is 0 Å². The smallest absolute Gasteiger partial charge is 0.217 e. The number of methoxy groups -OCH3 is 1. The Morgan fingerprint density at radius 3 is 2.50 bits per heavy atom. The van der Waals surface area contributed by atoms with Crippen LogP contribution in [0.15, 0.2) is 0 Å². The highest BCUT2D eigenvalue weighted by Crippen LogP contribution is 2.21. The maximum absolute atomic E-state index is 10.9. The van der Waals surface area contributed by atoms with Crippen molar-refractivity contribution >= 4 is 5.91 Å². The minimum atomic E-state index is -1.19. The molecular weight excluding hydrogens is 218 g/mol. The van der Waals surface area contributed by atoms with Crippen molar-refractivity contribution in [2.75, 3.05) is 13.7 Å². The Kier molecular flexibility index (Phi) is 4.63. The van der Waals surface area contributed by atoms with E-state index in [1.165, 1.54) is 14.0 Å². The third-order valence-corrected chi connectivity index (χ3v) is 2.49. The number of nitrogens with one attached hydrogen (secondary N) is 1. The first-order valence-electron chi connectivity index (χ1n) is 4.93. The van der Waals surface area contributed by atoms with E-state index in [-0.39, 0.29) is 0 Å². The van der Waals surface area contributed by atoms with Gasteiger partial charge in [0.1, 0.15) is 18.3 Å². The van der Waals surface area contributed by atoms with Gasteiger partial charge in [-0.2, -0.15) is 0 Å². The maximum atomic E-state index is 10.9. The zero-order valence-electron chi connectivity index (χ0n) is 9.16. The molecule has 0 aromatic carbocycles. The molecule has 7 nitrogen and oxygen atoms in total. The van der Waals surface area contributed by atoms with Gasteiger partial charge in [-0.05, 0) is 0 Å². The lowest BCUT2D eigenvalue weighted by molar-refractivity contribution is -0.271. The number of carbonyl (C=O) groups excluding carboxylic acids is 1. The highest BCUT2D eigenvalue weighted by molar-refractivity contribution is 5.73. The third-order valence-electron chi connectivity index (χ3n) is 2.49. The van der Waals surface area contributed by atoms with E-state index in [1.54, 1.807) is 0 Å². The zero-order valence-corrected chi connectivity index (χ0v) is 9.16. The number of rotatable bonds is 3. The minimum absolute atomic E-state index is 0.392. The standard InChI is InChI=1S/C9H17NO6/c1-4(12)10-6-7(13)5(3-11)16-9(15-2)8(6)14/h5-9,11,13-14H,3H2,1-2H3,(H,10,12)/t5-,6-,7+,8-,9+/m1/s1. The lowest BCUT2D eigenvalue weighted by Crippen LogP contribution is -2.64. The fraction of sp³-hybridized carbons (Fsp3) is 0.889. The van der Waals surface area contributed by atoms with Crippen LogP contribution in [0.4, 0.5) is 0 Å².